The van der Waals surface area contributed by atoms with Crippen LogP contribution in [0.5, 0.6) is 11.5 Å². The Morgan fingerprint density at radius 3 is 2.69 bits per heavy atom. The SMILES string of the molecule is COc1ccc(C=NOCc2nc3c4c(C)c(C)n(Cc5cccnc5)c4ncn3n2)cc1OC. The number of pyridine rings is 1. The molecule has 0 N–H and O–H groups in total. The molecule has 10 heteroatoms. The molecule has 0 aliphatic heterocycles. The van der Waals surface area contributed by atoms with Gasteiger partial charge in [-0.25, -0.2) is 14.5 Å². The molecular formula is C25H25N7O3. The molecule has 0 radical (unpaired) electrons. The van der Waals surface area contributed by atoms with Crippen LogP contribution in [0.1, 0.15) is 28.2 Å². The molecule has 5 rings (SSSR count). The fraction of sp³-hybridized carbons (Fsp3) is 0.240. The van der Waals surface area contributed by atoms with Crippen LogP contribution in [0.2, 0.25) is 0 Å². The Balaban J connectivity index is 1.37. The van der Waals surface area contributed by atoms with E-state index in [-0.39, 0.29) is 6.61 Å². The molecule has 0 amide bonds. The lowest BCUT2D eigenvalue weighted by Crippen LogP contribution is -2.03. The summed E-state index contributed by atoms with van der Waals surface area (Å²) in [5.41, 5.74) is 5.78. The molecule has 35 heavy (non-hydrogen) atoms. The molecule has 5 aromatic rings. The van der Waals surface area contributed by atoms with Crippen molar-refractivity contribution in [3.8, 4) is 11.5 Å². The van der Waals surface area contributed by atoms with E-state index in [0.717, 1.165) is 39.1 Å². The number of benzene rings is 1. The highest BCUT2D eigenvalue weighted by Crippen LogP contribution is 2.28. The van der Waals surface area contributed by atoms with Gasteiger partial charge < -0.3 is 18.9 Å². The van der Waals surface area contributed by atoms with Gasteiger partial charge in [0.15, 0.2) is 29.6 Å². The van der Waals surface area contributed by atoms with Gasteiger partial charge in [0.05, 0.1) is 32.4 Å². The third-order valence-electron chi connectivity index (χ3n) is 5.93. The summed E-state index contributed by atoms with van der Waals surface area (Å²) in [6, 6.07) is 9.49. The minimum atomic E-state index is 0.126. The Bertz CT molecular complexity index is 1520. The zero-order valence-electron chi connectivity index (χ0n) is 20.0. The Morgan fingerprint density at radius 2 is 1.91 bits per heavy atom. The maximum Gasteiger partial charge on any atom is 0.192 e. The molecule has 0 bridgehead atoms. The van der Waals surface area contributed by atoms with Crippen molar-refractivity contribution in [1.82, 2.24) is 29.1 Å². The van der Waals surface area contributed by atoms with Crippen LogP contribution in [-0.4, -0.2) is 49.6 Å². The summed E-state index contributed by atoms with van der Waals surface area (Å²) in [5, 5.41) is 9.53. The minimum absolute atomic E-state index is 0.126. The number of ether oxygens (including phenoxy) is 2. The first-order valence-corrected chi connectivity index (χ1v) is 11.0. The van der Waals surface area contributed by atoms with E-state index in [1.165, 1.54) is 0 Å². The lowest BCUT2D eigenvalue weighted by Gasteiger charge is -2.07. The van der Waals surface area contributed by atoms with Crippen molar-refractivity contribution in [1.29, 1.82) is 0 Å². The lowest BCUT2D eigenvalue weighted by atomic mass is 10.2. The van der Waals surface area contributed by atoms with E-state index in [9.17, 15) is 0 Å². The van der Waals surface area contributed by atoms with Crippen LogP contribution in [0, 0.1) is 13.8 Å². The largest absolute Gasteiger partial charge is 0.493 e. The van der Waals surface area contributed by atoms with Crippen molar-refractivity contribution in [2.45, 2.75) is 27.0 Å². The molecule has 0 atom stereocenters. The second-order valence-corrected chi connectivity index (χ2v) is 8.02. The average Bonchev–Trinajstić information content (AvgIpc) is 3.41. The average molecular weight is 472 g/mol. The number of hydrogen-bond donors (Lipinski definition) is 0. The number of fused-ring (bicyclic) bond motifs is 3. The summed E-state index contributed by atoms with van der Waals surface area (Å²) in [6.07, 6.45) is 6.92. The molecule has 1 aromatic carbocycles. The third-order valence-corrected chi connectivity index (χ3v) is 5.93. The van der Waals surface area contributed by atoms with Crippen LogP contribution in [0.15, 0.2) is 54.2 Å². The second kappa shape index (κ2) is 9.41. The minimum Gasteiger partial charge on any atom is -0.493 e. The molecule has 178 valence electrons. The van der Waals surface area contributed by atoms with Gasteiger partial charge in [-0.1, -0.05) is 11.2 Å². The topological polar surface area (TPSA) is 101 Å². The maximum absolute atomic E-state index is 5.46. The number of oxime groups is 1. The molecule has 0 unspecified atom stereocenters. The summed E-state index contributed by atoms with van der Waals surface area (Å²) in [7, 11) is 3.19. The van der Waals surface area contributed by atoms with Crippen LogP contribution in [-0.2, 0) is 18.0 Å². The summed E-state index contributed by atoms with van der Waals surface area (Å²) >= 11 is 0. The van der Waals surface area contributed by atoms with E-state index < -0.39 is 0 Å². The standard InChI is InChI=1S/C25H25N7O3/c1-16-17(2)31(13-19-6-5-9-26-11-19)24-23(16)25-29-22(30-32(25)15-27-24)14-35-28-12-18-7-8-20(33-3)21(10-18)34-4/h5-12,15H,13-14H2,1-4H3. The van der Waals surface area contributed by atoms with E-state index in [4.69, 9.17) is 19.3 Å². The summed E-state index contributed by atoms with van der Waals surface area (Å²) < 4.78 is 14.4. The summed E-state index contributed by atoms with van der Waals surface area (Å²) in [6.45, 7) is 4.98. The number of aryl methyl sites for hydroxylation is 1. The Morgan fingerprint density at radius 1 is 1.06 bits per heavy atom. The third kappa shape index (κ3) is 4.25. The van der Waals surface area contributed by atoms with Gasteiger partial charge in [-0.05, 0) is 49.2 Å². The van der Waals surface area contributed by atoms with Gasteiger partial charge in [0.1, 0.15) is 12.0 Å². The highest BCUT2D eigenvalue weighted by molar-refractivity contribution is 5.94. The fourth-order valence-corrected chi connectivity index (χ4v) is 4.03. The number of nitrogens with zero attached hydrogens (tertiary/aromatic N) is 7. The van der Waals surface area contributed by atoms with Crippen LogP contribution in [0.3, 0.4) is 0 Å². The van der Waals surface area contributed by atoms with E-state index in [2.05, 4.69) is 44.7 Å². The Labute approximate surface area is 201 Å². The molecule has 0 aliphatic rings. The van der Waals surface area contributed by atoms with Gasteiger partial charge in [-0.15, -0.1) is 5.10 Å². The summed E-state index contributed by atoms with van der Waals surface area (Å²) in [4.78, 5) is 19.1. The second-order valence-electron chi connectivity index (χ2n) is 8.02. The van der Waals surface area contributed by atoms with Crippen molar-refractivity contribution in [2.24, 2.45) is 5.16 Å². The molecule has 0 aliphatic carbocycles. The smallest absolute Gasteiger partial charge is 0.192 e. The first-order chi connectivity index (χ1) is 17.1. The van der Waals surface area contributed by atoms with E-state index >= 15 is 0 Å². The predicted molar refractivity (Wildman–Crippen MR) is 131 cm³/mol. The molecule has 0 spiro atoms. The van der Waals surface area contributed by atoms with Crippen molar-refractivity contribution < 1.29 is 14.3 Å². The predicted octanol–water partition coefficient (Wildman–Crippen LogP) is 3.71. The van der Waals surface area contributed by atoms with Crippen molar-refractivity contribution >= 4 is 22.9 Å². The monoisotopic (exact) mass is 471 g/mol. The quantitative estimate of drug-likeness (QED) is 0.251. The van der Waals surface area contributed by atoms with Crippen LogP contribution < -0.4 is 9.47 Å². The molecule has 0 saturated carbocycles. The van der Waals surface area contributed by atoms with Gasteiger partial charge in [-0.2, -0.15) is 0 Å². The number of methoxy groups -OCH3 is 2. The molecule has 0 fully saturated rings. The van der Waals surface area contributed by atoms with Crippen LogP contribution in [0.4, 0.5) is 0 Å². The normalized spacial score (nSPS) is 11.5. The van der Waals surface area contributed by atoms with Gasteiger partial charge in [0, 0.05) is 23.7 Å². The van der Waals surface area contributed by atoms with Crippen LogP contribution >= 0.6 is 0 Å². The van der Waals surface area contributed by atoms with Crippen LogP contribution in [0.25, 0.3) is 16.7 Å². The molecular weight excluding hydrogens is 446 g/mol. The molecule has 4 aromatic heterocycles. The zero-order chi connectivity index (χ0) is 24.4. The zero-order valence-corrected chi connectivity index (χ0v) is 20.0. The fourth-order valence-electron chi connectivity index (χ4n) is 4.03. The summed E-state index contributed by atoms with van der Waals surface area (Å²) in [5.74, 6) is 1.79. The van der Waals surface area contributed by atoms with E-state index in [0.29, 0.717) is 23.9 Å². The van der Waals surface area contributed by atoms with Gasteiger partial charge in [0.25, 0.3) is 0 Å². The van der Waals surface area contributed by atoms with E-state index in [1.54, 1.807) is 37.5 Å². The Hall–Kier alpha value is -4.47. The number of rotatable bonds is 8. The van der Waals surface area contributed by atoms with Gasteiger partial charge in [0.2, 0.25) is 0 Å². The van der Waals surface area contributed by atoms with Crippen molar-refractivity contribution in [3.05, 3.63) is 77.3 Å². The highest BCUT2D eigenvalue weighted by Gasteiger charge is 2.18. The highest BCUT2D eigenvalue weighted by atomic mass is 16.6. The van der Waals surface area contributed by atoms with Gasteiger partial charge >= 0.3 is 0 Å². The molecule has 0 saturated heterocycles. The first-order valence-electron chi connectivity index (χ1n) is 11.0. The number of hydrogen-bond acceptors (Lipinski definition) is 8. The van der Waals surface area contributed by atoms with Crippen molar-refractivity contribution in [3.63, 3.8) is 0 Å². The van der Waals surface area contributed by atoms with Crippen molar-refractivity contribution in [2.75, 3.05) is 14.2 Å². The van der Waals surface area contributed by atoms with Gasteiger partial charge in [-0.3, -0.25) is 4.98 Å². The first kappa shape index (κ1) is 22.3. The number of aromatic nitrogens is 6. The maximum atomic E-state index is 5.46. The van der Waals surface area contributed by atoms with E-state index in [1.807, 2.05) is 30.5 Å². The molecule has 10 nitrogen and oxygen atoms in total. The Kier molecular flexibility index (Phi) is 6.01. The molecule has 4 heterocycles. The lowest BCUT2D eigenvalue weighted by molar-refractivity contribution is 0.126.